The lowest BCUT2D eigenvalue weighted by atomic mass is 10.0. The molecule has 3 nitrogen and oxygen atoms in total. The van der Waals surface area contributed by atoms with Gasteiger partial charge >= 0.3 is 0 Å². The molecular weight excluding hydrogens is 284 g/mol. The highest BCUT2D eigenvalue weighted by Crippen LogP contribution is 2.25. The zero-order valence-electron chi connectivity index (χ0n) is 11.8. The highest BCUT2D eigenvalue weighted by Gasteiger charge is 2.21. The summed E-state index contributed by atoms with van der Waals surface area (Å²) >= 11 is 5.93. The van der Waals surface area contributed by atoms with E-state index in [1.165, 1.54) is 6.42 Å². The Hall–Kier alpha value is -1.87. The first-order chi connectivity index (χ1) is 10.3. The number of amides is 1. The maximum atomic E-state index is 12.7. The van der Waals surface area contributed by atoms with Crippen molar-refractivity contribution in [2.75, 3.05) is 13.1 Å². The molecule has 0 N–H and O–H groups in total. The van der Waals surface area contributed by atoms with Crippen molar-refractivity contribution in [2.24, 2.45) is 0 Å². The molecule has 2 aromatic rings. The number of piperidine rings is 1. The van der Waals surface area contributed by atoms with Gasteiger partial charge in [-0.15, -0.1) is 0 Å². The average Bonchev–Trinajstić information content (AvgIpc) is 2.56. The molecule has 1 aliphatic rings. The highest BCUT2D eigenvalue weighted by molar-refractivity contribution is 6.30. The van der Waals surface area contributed by atoms with Crippen LogP contribution in [0.25, 0.3) is 11.3 Å². The van der Waals surface area contributed by atoms with Gasteiger partial charge < -0.3 is 4.90 Å². The largest absolute Gasteiger partial charge is 0.339 e. The Morgan fingerprint density at radius 2 is 1.76 bits per heavy atom. The molecule has 1 fully saturated rings. The smallest absolute Gasteiger partial charge is 0.256 e. The van der Waals surface area contributed by atoms with E-state index in [0.717, 1.165) is 37.2 Å². The van der Waals surface area contributed by atoms with Crippen molar-refractivity contribution in [1.82, 2.24) is 9.88 Å². The summed E-state index contributed by atoms with van der Waals surface area (Å²) in [4.78, 5) is 19.1. The number of hydrogen-bond acceptors (Lipinski definition) is 2. The van der Waals surface area contributed by atoms with Gasteiger partial charge in [-0.05, 0) is 43.5 Å². The number of carbonyl (C=O) groups excluding carboxylic acids is 1. The standard InChI is InChI=1S/C17H17ClN2O/c18-14-8-6-13(7-9-14)16-15(5-4-10-19-16)17(21)20-11-2-1-3-12-20/h4-10H,1-3,11-12H2. The predicted molar refractivity (Wildman–Crippen MR) is 84.4 cm³/mol. The number of nitrogens with zero attached hydrogens (tertiary/aromatic N) is 2. The van der Waals surface area contributed by atoms with E-state index < -0.39 is 0 Å². The van der Waals surface area contributed by atoms with E-state index in [9.17, 15) is 4.79 Å². The van der Waals surface area contributed by atoms with Crippen LogP contribution in [0.15, 0.2) is 42.6 Å². The first-order valence-electron chi connectivity index (χ1n) is 7.26. The van der Waals surface area contributed by atoms with Gasteiger partial charge in [0.1, 0.15) is 0 Å². The molecule has 1 aromatic carbocycles. The maximum Gasteiger partial charge on any atom is 0.256 e. The summed E-state index contributed by atoms with van der Waals surface area (Å²) in [6.45, 7) is 1.68. The Morgan fingerprint density at radius 3 is 2.48 bits per heavy atom. The summed E-state index contributed by atoms with van der Waals surface area (Å²) < 4.78 is 0. The second-order valence-corrected chi connectivity index (χ2v) is 5.70. The van der Waals surface area contributed by atoms with Crippen LogP contribution in [0.3, 0.4) is 0 Å². The molecular formula is C17H17ClN2O. The van der Waals surface area contributed by atoms with E-state index in [4.69, 9.17) is 11.6 Å². The van der Waals surface area contributed by atoms with E-state index in [1.807, 2.05) is 41.3 Å². The molecule has 0 unspecified atom stereocenters. The van der Waals surface area contributed by atoms with Crippen molar-refractivity contribution in [1.29, 1.82) is 0 Å². The van der Waals surface area contributed by atoms with Crippen molar-refractivity contribution in [2.45, 2.75) is 19.3 Å². The van der Waals surface area contributed by atoms with Crippen LogP contribution in [0.2, 0.25) is 5.02 Å². The number of halogens is 1. The van der Waals surface area contributed by atoms with E-state index >= 15 is 0 Å². The Morgan fingerprint density at radius 1 is 1.05 bits per heavy atom. The Labute approximate surface area is 129 Å². The molecule has 1 amide bonds. The molecule has 0 atom stereocenters. The van der Waals surface area contributed by atoms with Crippen molar-refractivity contribution in [3.63, 3.8) is 0 Å². The first-order valence-corrected chi connectivity index (χ1v) is 7.64. The van der Waals surface area contributed by atoms with Crippen LogP contribution >= 0.6 is 11.6 Å². The van der Waals surface area contributed by atoms with Crippen LogP contribution in [0, 0.1) is 0 Å². The lowest BCUT2D eigenvalue weighted by Crippen LogP contribution is -2.35. The lowest BCUT2D eigenvalue weighted by Gasteiger charge is -2.27. The summed E-state index contributed by atoms with van der Waals surface area (Å²) in [6, 6.07) is 11.1. The molecule has 1 saturated heterocycles. The summed E-state index contributed by atoms with van der Waals surface area (Å²) in [6.07, 6.45) is 5.10. The maximum absolute atomic E-state index is 12.7. The molecule has 108 valence electrons. The number of carbonyl (C=O) groups is 1. The third-order valence-corrected chi connectivity index (χ3v) is 4.05. The Bertz CT molecular complexity index is 633. The fourth-order valence-electron chi connectivity index (χ4n) is 2.68. The van der Waals surface area contributed by atoms with Gasteiger partial charge in [-0.1, -0.05) is 23.7 Å². The molecule has 0 saturated carbocycles. The molecule has 21 heavy (non-hydrogen) atoms. The lowest BCUT2D eigenvalue weighted by molar-refractivity contribution is 0.0725. The van der Waals surface area contributed by atoms with Crippen molar-refractivity contribution in [3.8, 4) is 11.3 Å². The predicted octanol–water partition coefficient (Wildman–Crippen LogP) is 4.03. The minimum Gasteiger partial charge on any atom is -0.339 e. The molecule has 0 radical (unpaired) electrons. The van der Waals surface area contributed by atoms with E-state index in [1.54, 1.807) is 6.20 Å². The van der Waals surface area contributed by atoms with Gasteiger partial charge in [0.2, 0.25) is 0 Å². The number of hydrogen-bond donors (Lipinski definition) is 0. The van der Waals surface area contributed by atoms with Crippen LogP contribution in [0.5, 0.6) is 0 Å². The quantitative estimate of drug-likeness (QED) is 0.839. The van der Waals surface area contributed by atoms with Crippen LogP contribution in [-0.4, -0.2) is 28.9 Å². The Kier molecular flexibility index (Phi) is 4.20. The molecule has 4 heteroatoms. The number of rotatable bonds is 2. The molecule has 0 bridgehead atoms. The minimum absolute atomic E-state index is 0.0766. The average molecular weight is 301 g/mol. The van der Waals surface area contributed by atoms with Gasteiger partial charge in [0.05, 0.1) is 11.3 Å². The minimum atomic E-state index is 0.0766. The first kappa shape index (κ1) is 14.1. The summed E-state index contributed by atoms with van der Waals surface area (Å²) in [7, 11) is 0. The van der Waals surface area contributed by atoms with Crippen molar-refractivity contribution < 1.29 is 4.79 Å². The highest BCUT2D eigenvalue weighted by atomic mass is 35.5. The summed E-state index contributed by atoms with van der Waals surface area (Å²) in [5, 5.41) is 0.679. The fraction of sp³-hybridized carbons (Fsp3) is 0.294. The van der Waals surface area contributed by atoms with Gasteiger partial charge in [-0.2, -0.15) is 0 Å². The van der Waals surface area contributed by atoms with Gasteiger partial charge in [-0.25, -0.2) is 0 Å². The zero-order chi connectivity index (χ0) is 14.7. The van der Waals surface area contributed by atoms with Gasteiger partial charge in [-0.3, -0.25) is 9.78 Å². The van der Waals surface area contributed by atoms with Crippen LogP contribution in [0.1, 0.15) is 29.6 Å². The van der Waals surface area contributed by atoms with Crippen LogP contribution < -0.4 is 0 Å². The van der Waals surface area contributed by atoms with Gasteiger partial charge in [0.25, 0.3) is 5.91 Å². The third kappa shape index (κ3) is 3.08. The third-order valence-electron chi connectivity index (χ3n) is 3.80. The topological polar surface area (TPSA) is 33.2 Å². The normalized spacial score (nSPS) is 15.0. The summed E-state index contributed by atoms with van der Waals surface area (Å²) in [5.74, 6) is 0.0766. The van der Waals surface area contributed by atoms with E-state index in [-0.39, 0.29) is 5.91 Å². The zero-order valence-corrected chi connectivity index (χ0v) is 12.5. The van der Waals surface area contributed by atoms with Crippen molar-refractivity contribution >= 4 is 17.5 Å². The van der Waals surface area contributed by atoms with Gasteiger partial charge in [0, 0.05) is 29.9 Å². The Balaban J connectivity index is 1.95. The number of pyridine rings is 1. The molecule has 1 aromatic heterocycles. The molecule has 2 heterocycles. The second-order valence-electron chi connectivity index (χ2n) is 5.26. The number of likely N-dealkylation sites (tertiary alicyclic amines) is 1. The monoisotopic (exact) mass is 300 g/mol. The second kappa shape index (κ2) is 6.27. The summed E-state index contributed by atoms with van der Waals surface area (Å²) in [5.41, 5.74) is 2.31. The van der Waals surface area contributed by atoms with Crippen LogP contribution in [0.4, 0.5) is 0 Å². The number of benzene rings is 1. The SMILES string of the molecule is O=C(c1cccnc1-c1ccc(Cl)cc1)N1CCCCC1. The molecule has 0 aliphatic carbocycles. The van der Waals surface area contributed by atoms with E-state index in [2.05, 4.69) is 4.98 Å². The molecule has 0 spiro atoms. The molecule has 3 rings (SSSR count). The number of aromatic nitrogens is 1. The van der Waals surface area contributed by atoms with E-state index in [0.29, 0.717) is 10.6 Å². The fourth-order valence-corrected chi connectivity index (χ4v) is 2.81. The van der Waals surface area contributed by atoms with Crippen LogP contribution in [-0.2, 0) is 0 Å². The van der Waals surface area contributed by atoms with Crippen molar-refractivity contribution in [3.05, 3.63) is 53.2 Å². The van der Waals surface area contributed by atoms with Gasteiger partial charge in [0.15, 0.2) is 0 Å². The molecule has 1 aliphatic heterocycles.